The van der Waals surface area contributed by atoms with Gasteiger partial charge >= 0.3 is 0 Å². The van der Waals surface area contributed by atoms with Crippen molar-refractivity contribution in [1.82, 2.24) is 4.90 Å². The van der Waals surface area contributed by atoms with Crippen LogP contribution in [0.4, 0.5) is 5.69 Å². The van der Waals surface area contributed by atoms with Crippen LogP contribution in [0, 0.1) is 3.57 Å². The number of anilines is 1. The third kappa shape index (κ3) is 4.08. The number of carbonyl (C=O) groups excluding carboxylic acids is 1. The molecule has 2 aromatic carbocycles. The van der Waals surface area contributed by atoms with E-state index in [1.807, 2.05) is 35.2 Å². The first-order chi connectivity index (χ1) is 11.6. The molecule has 1 fully saturated rings. The van der Waals surface area contributed by atoms with Crippen molar-refractivity contribution in [2.75, 3.05) is 25.5 Å². The predicted octanol–water partition coefficient (Wildman–Crippen LogP) is 3.35. The normalized spacial score (nSPS) is 17.0. The summed E-state index contributed by atoms with van der Waals surface area (Å²) < 4.78 is 6.51. The summed E-state index contributed by atoms with van der Waals surface area (Å²) in [7, 11) is 0. The summed E-state index contributed by atoms with van der Waals surface area (Å²) in [4.78, 5) is 15.0. The van der Waals surface area contributed by atoms with Crippen molar-refractivity contribution in [3.63, 3.8) is 0 Å². The molecule has 1 atom stereocenters. The molecule has 24 heavy (non-hydrogen) atoms. The molecule has 1 aliphatic rings. The van der Waals surface area contributed by atoms with Gasteiger partial charge in [0.2, 0.25) is 0 Å². The third-order valence-corrected chi connectivity index (χ3v) is 5.01. The molecular formula is C19H21IN2O2. The lowest BCUT2D eigenvalue weighted by Gasteiger charge is -2.29. The van der Waals surface area contributed by atoms with E-state index in [0.29, 0.717) is 31.0 Å². The zero-order chi connectivity index (χ0) is 16.9. The van der Waals surface area contributed by atoms with Crippen LogP contribution in [0.2, 0.25) is 0 Å². The van der Waals surface area contributed by atoms with Gasteiger partial charge in [0.05, 0.1) is 18.2 Å². The highest BCUT2D eigenvalue weighted by Gasteiger charge is 2.28. The van der Waals surface area contributed by atoms with E-state index in [9.17, 15) is 4.79 Å². The lowest BCUT2D eigenvalue weighted by Crippen LogP contribution is -2.42. The Morgan fingerprint density at radius 2 is 2.04 bits per heavy atom. The van der Waals surface area contributed by atoms with Crippen LogP contribution in [0.15, 0.2) is 48.5 Å². The minimum atomic E-state index is -0.00236. The summed E-state index contributed by atoms with van der Waals surface area (Å²) in [6, 6.07) is 15.9. The molecular weight excluding hydrogens is 415 g/mol. The molecule has 1 saturated heterocycles. The van der Waals surface area contributed by atoms with E-state index < -0.39 is 0 Å². The lowest BCUT2D eigenvalue weighted by molar-refractivity contribution is 0.0657. The molecule has 5 heteroatoms. The van der Waals surface area contributed by atoms with E-state index in [2.05, 4.69) is 34.7 Å². The Balaban J connectivity index is 1.81. The summed E-state index contributed by atoms with van der Waals surface area (Å²) >= 11 is 2.21. The maximum atomic E-state index is 13.1. The highest BCUT2D eigenvalue weighted by Crippen LogP contribution is 2.22. The van der Waals surface area contributed by atoms with Gasteiger partial charge in [-0.05, 0) is 59.2 Å². The van der Waals surface area contributed by atoms with Gasteiger partial charge in [0.25, 0.3) is 5.91 Å². The molecule has 3 rings (SSSR count). The molecule has 0 saturated carbocycles. The number of nitrogen functional groups attached to an aromatic ring is 1. The first-order valence-electron chi connectivity index (χ1n) is 8.13. The van der Waals surface area contributed by atoms with E-state index in [0.717, 1.165) is 16.4 Å². The average Bonchev–Trinajstić information content (AvgIpc) is 3.12. The molecule has 1 heterocycles. The summed E-state index contributed by atoms with van der Waals surface area (Å²) in [6.45, 7) is 1.98. The number of nitrogens with two attached hydrogens (primary N) is 1. The summed E-state index contributed by atoms with van der Waals surface area (Å²) in [6.07, 6.45) is 1.71. The van der Waals surface area contributed by atoms with Crippen molar-refractivity contribution in [1.29, 1.82) is 0 Å². The van der Waals surface area contributed by atoms with E-state index in [1.165, 1.54) is 5.56 Å². The minimum Gasteiger partial charge on any atom is -0.398 e. The maximum Gasteiger partial charge on any atom is 0.256 e. The Kier molecular flexibility index (Phi) is 5.73. The number of benzene rings is 2. The first kappa shape index (κ1) is 17.2. The fourth-order valence-electron chi connectivity index (χ4n) is 2.98. The van der Waals surface area contributed by atoms with Crippen molar-refractivity contribution < 1.29 is 9.53 Å². The standard InChI is InChI=1S/C19H21IN2O2/c20-15-6-7-18(21)17(12-15)19(23)22(16-9-11-24-13-16)10-8-14-4-2-1-3-5-14/h1-7,12,16H,8-11,13,21H2. The summed E-state index contributed by atoms with van der Waals surface area (Å²) in [5.74, 6) is -0.00236. The summed E-state index contributed by atoms with van der Waals surface area (Å²) in [5.41, 5.74) is 8.40. The fraction of sp³-hybridized carbons (Fsp3) is 0.316. The fourth-order valence-corrected chi connectivity index (χ4v) is 3.47. The summed E-state index contributed by atoms with van der Waals surface area (Å²) in [5, 5.41) is 0. The highest BCUT2D eigenvalue weighted by atomic mass is 127. The Morgan fingerprint density at radius 1 is 1.25 bits per heavy atom. The van der Waals surface area contributed by atoms with Crippen LogP contribution in [-0.4, -0.2) is 36.6 Å². The van der Waals surface area contributed by atoms with Gasteiger partial charge in [0, 0.05) is 22.4 Å². The number of hydrogen-bond donors (Lipinski definition) is 1. The second-order valence-corrected chi connectivity index (χ2v) is 7.23. The first-order valence-corrected chi connectivity index (χ1v) is 9.20. The van der Waals surface area contributed by atoms with E-state index >= 15 is 0 Å². The minimum absolute atomic E-state index is 0.00236. The zero-order valence-electron chi connectivity index (χ0n) is 13.5. The van der Waals surface area contributed by atoms with E-state index in [4.69, 9.17) is 10.5 Å². The van der Waals surface area contributed by atoms with Crippen molar-refractivity contribution >= 4 is 34.2 Å². The molecule has 0 aromatic heterocycles. The van der Waals surface area contributed by atoms with E-state index in [1.54, 1.807) is 6.07 Å². The monoisotopic (exact) mass is 436 g/mol. The van der Waals surface area contributed by atoms with Crippen LogP contribution < -0.4 is 5.73 Å². The van der Waals surface area contributed by atoms with Gasteiger partial charge in [0.15, 0.2) is 0 Å². The van der Waals surface area contributed by atoms with Gasteiger partial charge in [-0.2, -0.15) is 0 Å². The number of halogens is 1. The van der Waals surface area contributed by atoms with Crippen molar-refractivity contribution in [2.24, 2.45) is 0 Å². The van der Waals surface area contributed by atoms with Gasteiger partial charge in [-0.1, -0.05) is 30.3 Å². The smallest absolute Gasteiger partial charge is 0.256 e. The van der Waals surface area contributed by atoms with Gasteiger partial charge in [-0.3, -0.25) is 4.79 Å². The average molecular weight is 436 g/mol. The molecule has 2 aromatic rings. The largest absolute Gasteiger partial charge is 0.398 e. The molecule has 0 radical (unpaired) electrons. The number of rotatable bonds is 5. The molecule has 1 amide bonds. The Hall–Kier alpha value is -1.60. The van der Waals surface area contributed by atoms with Crippen molar-refractivity contribution in [2.45, 2.75) is 18.9 Å². The Morgan fingerprint density at radius 3 is 2.75 bits per heavy atom. The van der Waals surface area contributed by atoms with Crippen LogP contribution >= 0.6 is 22.6 Å². The number of nitrogens with zero attached hydrogens (tertiary/aromatic N) is 1. The van der Waals surface area contributed by atoms with Crippen molar-refractivity contribution in [3.05, 3.63) is 63.2 Å². The molecule has 0 spiro atoms. The van der Waals surface area contributed by atoms with Crippen LogP contribution in [-0.2, 0) is 11.2 Å². The molecule has 4 nitrogen and oxygen atoms in total. The second kappa shape index (κ2) is 7.98. The molecule has 1 aliphatic heterocycles. The SMILES string of the molecule is Nc1ccc(I)cc1C(=O)N(CCc1ccccc1)C1CCOC1. The molecule has 1 unspecified atom stereocenters. The van der Waals surface area contributed by atoms with E-state index in [-0.39, 0.29) is 11.9 Å². The molecule has 2 N–H and O–H groups in total. The molecule has 126 valence electrons. The number of amides is 1. The van der Waals surface area contributed by atoms with Crippen LogP contribution in [0.5, 0.6) is 0 Å². The number of carbonyl (C=O) groups is 1. The lowest BCUT2D eigenvalue weighted by atomic mass is 10.1. The zero-order valence-corrected chi connectivity index (χ0v) is 15.6. The van der Waals surface area contributed by atoms with Gasteiger partial charge < -0.3 is 15.4 Å². The third-order valence-electron chi connectivity index (χ3n) is 4.34. The van der Waals surface area contributed by atoms with Crippen LogP contribution in [0.3, 0.4) is 0 Å². The Bertz CT molecular complexity index is 700. The topological polar surface area (TPSA) is 55.6 Å². The van der Waals surface area contributed by atoms with Crippen LogP contribution in [0.1, 0.15) is 22.3 Å². The van der Waals surface area contributed by atoms with Crippen molar-refractivity contribution in [3.8, 4) is 0 Å². The maximum absolute atomic E-state index is 13.1. The van der Waals surface area contributed by atoms with Gasteiger partial charge in [0.1, 0.15) is 0 Å². The molecule has 0 bridgehead atoms. The quantitative estimate of drug-likeness (QED) is 0.578. The number of hydrogen-bond acceptors (Lipinski definition) is 3. The van der Waals surface area contributed by atoms with Crippen LogP contribution in [0.25, 0.3) is 0 Å². The van der Waals surface area contributed by atoms with Gasteiger partial charge in [-0.25, -0.2) is 0 Å². The Labute approximate surface area is 156 Å². The van der Waals surface area contributed by atoms with Gasteiger partial charge in [-0.15, -0.1) is 0 Å². The predicted molar refractivity (Wildman–Crippen MR) is 104 cm³/mol. The molecule has 0 aliphatic carbocycles. The second-order valence-electron chi connectivity index (χ2n) is 5.98. The number of ether oxygens (including phenoxy) is 1. The highest BCUT2D eigenvalue weighted by molar-refractivity contribution is 14.1.